The molecule has 1 amide bonds. The predicted octanol–water partition coefficient (Wildman–Crippen LogP) is 0.359. The number of amides is 1. The van der Waals surface area contributed by atoms with Gasteiger partial charge < -0.3 is 15.3 Å². The summed E-state index contributed by atoms with van der Waals surface area (Å²) in [7, 11) is 0. The van der Waals surface area contributed by atoms with E-state index in [0.717, 1.165) is 38.9 Å². The summed E-state index contributed by atoms with van der Waals surface area (Å²) in [6, 6.07) is 0. The van der Waals surface area contributed by atoms with Crippen molar-refractivity contribution in [1.82, 2.24) is 10.2 Å². The first-order valence-electron chi connectivity index (χ1n) is 6.11. The van der Waals surface area contributed by atoms with Gasteiger partial charge in [-0.25, -0.2) is 0 Å². The van der Waals surface area contributed by atoms with Crippen LogP contribution in [0.1, 0.15) is 33.1 Å². The minimum atomic E-state index is -0.344. The molecule has 0 aromatic carbocycles. The summed E-state index contributed by atoms with van der Waals surface area (Å²) in [5, 5.41) is 12.9. The number of carbonyl (C=O) groups excluding carboxylic acids is 1. The number of aliphatic hydroxyl groups is 1. The van der Waals surface area contributed by atoms with Crippen LogP contribution in [-0.4, -0.2) is 47.7 Å². The van der Waals surface area contributed by atoms with Crippen molar-refractivity contribution in [2.45, 2.75) is 38.6 Å². The van der Waals surface area contributed by atoms with Gasteiger partial charge in [0.1, 0.15) is 0 Å². The predicted molar refractivity (Wildman–Crippen MR) is 62.0 cm³/mol. The van der Waals surface area contributed by atoms with Gasteiger partial charge in [-0.1, -0.05) is 0 Å². The van der Waals surface area contributed by atoms with E-state index in [1.807, 2.05) is 11.8 Å². The Labute approximate surface area is 97.0 Å². The van der Waals surface area contributed by atoms with Crippen LogP contribution in [0.4, 0.5) is 0 Å². The average molecular weight is 226 g/mol. The van der Waals surface area contributed by atoms with Crippen molar-refractivity contribution in [2.24, 2.45) is 5.41 Å². The third-order valence-electron chi connectivity index (χ3n) is 4.29. The fraction of sp³-hybridized carbons (Fsp3) is 0.917. The van der Waals surface area contributed by atoms with Crippen LogP contribution in [0, 0.1) is 5.41 Å². The summed E-state index contributed by atoms with van der Waals surface area (Å²) in [6.45, 7) is 6.57. The SMILES string of the molecule is CC(=O)N1CC2(CCNCC2)CC1(C)CO. The van der Waals surface area contributed by atoms with Crippen LogP contribution in [0.3, 0.4) is 0 Å². The number of hydrogen-bond donors (Lipinski definition) is 2. The fourth-order valence-corrected chi connectivity index (χ4v) is 3.41. The first-order valence-corrected chi connectivity index (χ1v) is 6.11. The Kier molecular flexibility index (Phi) is 2.97. The molecule has 2 aliphatic heterocycles. The molecular weight excluding hydrogens is 204 g/mol. The zero-order valence-electron chi connectivity index (χ0n) is 10.3. The Morgan fingerprint density at radius 3 is 2.50 bits per heavy atom. The first-order chi connectivity index (χ1) is 7.51. The lowest BCUT2D eigenvalue weighted by Crippen LogP contribution is -2.46. The summed E-state index contributed by atoms with van der Waals surface area (Å²) in [5.41, 5.74) is -0.0996. The smallest absolute Gasteiger partial charge is 0.219 e. The van der Waals surface area contributed by atoms with E-state index in [-0.39, 0.29) is 23.5 Å². The first kappa shape index (κ1) is 11.9. The minimum absolute atomic E-state index is 0.0712. The molecular formula is C12H22N2O2. The van der Waals surface area contributed by atoms with E-state index < -0.39 is 0 Å². The van der Waals surface area contributed by atoms with Gasteiger partial charge in [0.2, 0.25) is 5.91 Å². The highest BCUT2D eigenvalue weighted by Gasteiger charge is 2.51. The number of carbonyl (C=O) groups is 1. The maximum Gasteiger partial charge on any atom is 0.219 e. The van der Waals surface area contributed by atoms with Crippen molar-refractivity contribution in [1.29, 1.82) is 0 Å². The zero-order chi connectivity index (χ0) is 11.8. The molecule has 2 fully saturated rings. The molecule has 1 atom stereocenters. The minimum Gasteiger partial charge on any atom is -0.394 e. The van der Waals surface area contributed by atoms with Gasteiger partial charge in [-0.15, -0.1) is 0 Å². The molecule has 2 saturated heterocycles. The van der Waals surface area contributed by atoms with Gasteiger partial charge in [-0.2, -0.15) is 0 Å². The summed E-state index contributed by atoms with van der Waals surface area (Å²) in [4.78, 5) is 13.5. The van der Waals surface area contributed by atoms with Crippen molar-refractivity contribution in [2.75, 3.05) is 26.2 Å². The number of aliphatic hydroxyl groups excluding tert-OH is 1. The maximum atomic E-state index is 11.6. The molecule has 2 rings (SSSR count). The maximum absolute atomic E-state index is 11.6. The molecule has 16 heavy (non-hydrogen) atoms. The zero-order valence-corrected chi connectivity index (χ0v) is 10.3. The summed E-state index contributed by atoms with van der Waals surface area (Å²) in [6.07, 6.45) is 3.18. The van der Waals surface area contributed by atoms with E-state index in [1.54, 1.807) is 6.92 Å². The van der Waals surface area contributed by atoms with Crippen LogP contribution in [0.25, 0.3) is 0 Å². The second-order valence-corrected chi connectivity index (χ2v) is 5.69. The van der Waals surface area contributed by atoms with Gasteiger partial charge in [-0.05, 0) is 44.7 Å². The molecule has 0 aliphatic carbocycles. The van der Waals surface area contributed by atoms with Gasteiger partial charge in [0.05, 0.1) is 12.1 Å². The van der Waals surface area contributed by atoms with Crippen LogP contribution in [0.15, 0.2) is 0 Å². The van der Waals surface area contributed by atoms with E-state index in [9.17, 15) is 9.90 Å². The van der Waals surface area contributed by atoms with Gasteiger partial charge in [0.15, 0.2) is 0 Å². The summed E-state index contributed by atoms with van der Waals surface area (Å²) >= 11 is 0. The summed E-state index contributed by atoms with van der Waals surface area (Å²) in [5.74, 6) is 0.0898. The van der Waals surface area contributed by atoms with Gasteiger partial charge >= 0.3 is 0 Å². The van der Waals surface area contributed by atoms with Gasteiger partial charge in [0.25, 0.3) is 0 Å². The molecule has 2 heterocycles. The van der Waals surface area contributed by atoms with E-state index in [0.29, 0.717) is 0 Å². The largest absolute Gasteiger partial charge is 0.394 e. The molecule has 2 N–H and O–H groups in total. The van der Waals surface area contributed by atoms with Crippen LogP contribution < -0.4 is 5.32 Å². The lowest BCUT2D eigenvalue weighted by atomic mass is 9.75. The molecule has 2 aliphatic rings. The number of hydrogen-bond acceptors (Lipinski definition) is 3. The Morgan fingerprint density at radius 2 is 2.06 bits per heavy atom. The highest BCUT2D eigenvalue weighted by molar-refractivity contribution is 5.74. The number of likely N-dealkylation sites (tertiary alicyclic amines) is 1. The Hall–Kier alpha value is -0.610. The Bertz CT molecular complexity index is 287. The van der Waals surface area contributed by atoms with Crippen LogP contribution in [0.5, 0.6) is 0 Å². The van der Waals surface area contributed by atoms with E-state index in [2.05, 4.69) is 5.32 Å². The van der Waals surface area contributed by atoms with Crippen molar-refractivity contribution in [3.05, 3.63) is 0 Å². The number of piperidine rings is 1. The van der Waals surface area contributed by atoms with Crippen LogP contribution in [0.2, 0.25) is 0 Å². The van der Waals surface area contributed by atoms with E-state index in [1.165, 1.54) is 0 Å². The third-order valence-corrected chi connectivity index (χ3v) is 4.29. The number of nitrogens with one attached hydrogen (secondary N) is 1. The molecule has 0 aromatic heterocycles. The standard InChI is InChI=1S/C12H22N2O2/c1-10(16)14-8-12(3-5-13-6-4-12)7-11(14,2)9-15/h13,15H,3-9H2,1-2H3. The molecule has 4 heteroatoms. The quantitative estimate of drug-likeness (QED) is 0.679. The molecule has 1 spiro atoms. The van der Waals surface area contributed by atoms with Crippen LogP contribution >= 0.6 is 0 Å². The Morgan fingerprint density at radius 1 is 1.44 bits per heavy atom. The lowest BCUT2D eigenvalue weighted by Gasteiger charge is -2.33. The van der Waals surface area contributed by atoms with Gasteiger partial charge in [-0.3, -0.25) is 4.79 Å². The van der Waals surface area contributed by atoms with Crippen molar-refractivity contribution in [3.63, 3.8) is 0 Å². The molecule has 0 aromatic rings. The monoisotopic (exact) mass is 226 g/mol. The third kappa shape index (κ3) is 1.84. The molecule has 0 saturated carbocycles. The van der Waals surface area contributed by atoms with E-state index in [4.69, 9.17) is 0 Å². The number of rotatable bonds is 1. The fourth-order valence-electron chi connectivity index (χ4n) is 3.41. The Balaban J connectivity index is 2.20. The summed E-state index contributed by atoms with van der Waals surface area (Å²) < 4.78 is 0. The van der Waals surface area contributed by atoms with E-state index >= 15 is 0 Å². The second kappa shape index (κ2) is 4.00. The van der Waals surface area contributed by atoms with Crippen LogP contribution in [-0.2, 0) is 4.79 Å². The molecule has 92 valence electrons. The average Bonchev–Trinajstić information content (AvgIpc) is 2.54. The highest BCUT2D eigenvalue weighted by Crippen LogP contribution is 2.46. The van der Waals surface area contributed by atoms with Crippen molar-refractivity contribution in [3.8, 4) is 0 Å². The molecule has 4 nitrogen and oxygen atoms in total. The number of nitrogens with zero attached hydrogens (tertiary/aromatic N) is 1. The topological polar surface area (TPSA) is 52.6 Å². The normalized spacial score (nSPS) is 33.3. The molecule has 0 radical (unpaired) electrons. The highest BCUT2D eigenvalue weighted by atomic mass is 16.3. The second-order valence-electron chi connectivity index (χ2n) is 5.69. The van der Waals surface area contributed by atoms with Crippen molar-refractivity contribution >= 4 is 5.91 Å². The van der Waals surface area contributed by atoms with Crippen molar-refractivity contribution < 1.29 is 9.90 Å². The lowest BCUT2D eigenvalue weighted by molar-refractivity contribution is -0.133. The molecule has 0 bridgehead atoms. The van der Waals surface area contributed by atoms with Gasteiger partial charge in [0, 0.05) is 13.5 Å². The molecule has 1 unspecified atom stereocenters.